The lowest BCUT2D eigenvalue weighted by Gasteiger charge is -2.33. The lowest BCUT2D eigenvalue weighted by atomic mass is 9.72. The second-order valence-corrected chi connectivity index (χ2v) is 8.57. The molecule has 1 fully saturated rings. The van der Waals surface area contributed by atoms with E-state index in [-0.39, 0.29) is 0 Å². The molecule has 3 rings (SSSR count). The van der Waals surface area contributed by atoms with Crippen LogP contribution in [0.4, 0.5) is 0 Å². The Morgan fingerprint density at radius 2 is 1.70 bits per heavy atom. The van der Waals surface area contributed by atoms with Crippen molar-refractivity contribution < 1.29 is 4.74 Å². The second kappa shape index (κ2) is 10.7. The van der Waals surface area contributed by atoms with E-state index in [2.05, 4.69) is 56.3 Å². The Morgan fingerprint density at radius 1 is 0.926 bits per heavy atom. The summed E-state index contributed by atoms with van der Waals surface area (Å²) in [5, 5.41) is 0. The summed E-state index contributed by atoms with van der Waals surface area (Å²) in [5.41, 5.74) is 2.70. The van der Waals surface area contributed by atoms with Gasteiger partial charge in [-0.05, 0) is 66.7 Å². The molecule has 1 aromatic carbocycles. The van der Waals surface area contributed by atoms with Crippen LogP contribution < -0.4 is 4.74 Å². The first-order valence-electron chi connectivity index (χ1n) is 11.4. The SMILES string of the molecule is CCCCCOc1ccc(C2=CCC(C3CCC(CCC)CC3)C=C2)cc1. The zero-order valence-corrected chi connectivity index (χ0v) is 17.5. The van der Waals surface area contributed by atoms with Crippen molar-refractivity contribution in [2.45, 2.75) is 78.1 Å². The third kappa shape index (κ3) is 5.99. The first-order chi connectivity index (χ1) is 13.3. The summed E-state index contributed by atoms with van der Waals surface area (Å²) in [6.07, 6.45) is 20.7. The van der Waals surface area contributed by atoms with E-state index in [1.807, 2.05) is 0 Å². The lowest BCUT2D eigenvalue weighted by molar-refractivity contribution is 0.221. The molecule has 2 aliphatic rings. The highest BCUT2D eigenvalue weighted by molar-refractivity contribution is 5.75. The van der Waals surface area contributed by atoms with E-state index in [0.29, 0.717) is 0 Å². The van der Waals surface area contributed by atoms with Gasteiger partial charge >= 0.3 is 0 Å². The first kappa shape index (κ1) is 20.2. The van der Waals surface area contributed by atoms with Gasteiger partial charge in [0.05, 0.1) is 6.61 Å². The Bertz CT molecular complexity index is 602. The van der Waals surface area contributed by atoms with Crippen LogP contribution in [0.5, 0.6) is 5.75 Å². The maximum absolute atomic E-state index is 5.84. The molecule has 1 unspecified atom stereocenters. The highest BCUT2D eigenvalue weighted by atomic mass is 16.5. The molecule has 148 valence electrons. The number of hydrogen-bond acceptors (Lipinski definition) is 1. The van der Waals surface area contributed by atoms with Crippen LogP contribution in [-0.2, 0) is 0 Å². The van der Waals surface area contributed by atoms with Crippen LogP contribution in [0.2, 0.25) is 0 Å². The Kier molecular flexibility index (Phi) is 8.05. The molecular weight excluding hydrogens is 328 g/mol. The van der Waals surface area contributed by atoms with Gasteiger partial charge < -0.3 is 4.74 Å². The minimum Gasteiger partial charge on any atom is -0.494 e. The number of ether oxygens (including phenoxy) is 1. The van der Waals surface area contributed by atoms with Crippen LogP contribution in [-0.4, -0.2) is 6.61 Å². The van der Waals surface area contributed by atoms with Gasteiger partial charge in [-0.3, -0.25) is 0 Å². The van der Waals surface area contributed by atoms with Gasteiger partial charge in [0, 0.05) is 0 Å². The van der Waals surface area contributed by atoms with Crippen LogP contribution in [0.1, 0.15) is 83.6 Å². The lowest BCUT2D eigenvalue weighted by Crippen LogP contribution is -2.21. The minimum atomic E-state index is 0.762. The fraction of sp³-hybridized carbons (Fsp3) is 0.615. The normalized spacial score (nSPS) is 25.3. The van der Waals surface area contributed by atoms with Crippen molar-refractivity contribution in [3.05, 3.63) is 48.1 Å². The quantitative estimate of drug-likeness (QED) is 0.405. The molecule has 1 nitrogen and oxygen atoms in total. The fourth-order valence-electron chi connectivity index (χ4n) is 4.80. The van der Waals surface area contributed by atoms with E-state index in [1.165, 1.54) is 68.9 Å². The predicted molar refractivity (Wildman–Crippen MR) is 117 cm³/mol. The van der Waals surface area contributed by atoms with E-state index in [1.54, 1.807) is 0 Å². The molecule has 0 N–H and O–H groups in total. The predicted octanol–water partition coefficient (Wildman–Crippen LogP) is 7.82. The molecule has 1 aromatic rings. The van der Waals surface area contributed by atoms with Gasteiger partial charge in [-0.1, -0.05) is 82.7 Å². The van der Waals surface area contributed by atoms with Crippen LogP contribution in [0.15, 0.2) is 42.5 Å². The van der Waals surface area contributed by atoms with E-state index < -0.39 is 0 Å². The molecule has 0 spiro atoms. The zero-order chi connectivity index (χ0) is 18.9. The van der Waals surface area contributed by atoms with Crippen molar-refractivity contribution >= 4 is 5.57 Å². The molecule has 2 aliphatic carbocycles. The van der Waals surface area contributed by atoms with Gasteiger partial charge in [-0.2, -0.15) is 0 Å². The molecule has 0 aliphatic heterocycles. The highest BCUT2D eigenvalue weighted by Crippen LogP contribution is 2.39. The third-order valence-electron chi connectivity index (χ3n) is 6.53. The standard InChI is InChI=1S/C26H38O/c1-3-5-6-20-27-26-18-16-25(17-19-26)24-14-12-23(13-15-24)22-10-8-21(7-4-2)9-11-22/h12,14-19,21-23H,3-11,13,20H2,1-2H3. The number of hydrogen-bond donors (Lipinski definition) is 0. The molecule has 27 heavy (non-hydrogen) atoms. The van der Waals surface area contributed by atoms with Crippen molar-refractivity contribution in [1.82, 2.24) is 0 Å². The van der Waals surface area contributed by atoms with Gasteiger partial charge in [-0.15, -0.1) is 0 Å². The summed E-state index contributed by atoms with van der Waals surface area (Å²) in [6.45, 7) is 5.38. The monoisotopic (exact) mass is 366 g/mol. The van der Waals surface area contributed by atoms with E-state index in [9.17, 15) is 0 Å². The fourth-order valence-corrected chi connectivity index (χ4v) is 4.80. The van der Waals surface area contributed by atoms with Crippen molar-refractivity contribution in [2.24, 2.45) is 17.8 Å². The molecule has 0 radical (unpaired) electrons. The minimum absolute atomic E-state index is 0.762. The smallest absolute Gasteiger partial charge is 0.119 e. The van der Waals surface area contributed by atoms with Gasteiger partial charge in [0.1, 0.15) is 5.75 Å². The Labute approximate surface area is 166 Å². The van der Waals surface area contributed by atoms with E-state index >= 15 is 0 Å². The number of rotatable bonds is 9. The van der Waals surface area contributed by atoms with Gasteiger partial charge in [0.2, 0.25) is 0 Å². The summed E-state index contributed by atoms with van der Waals surface area (Å²) >= 11 is 0. The average Bonchev–Trinajstić information content (AvgIpc) is 2.73. The molecule has 0 aromatic heterocycles. The van der Waals surface area contributed by atoms with Crippen molar-refractivity contribution in [3.63, 3.8) is 0 Å². The molecule has 1 atom stereocenters. The van der Waals surface area contributed by atoms with Crippen molar-refractivity contribution in [3.8, 4) is 5.75 Å². The maximum atomic E-state index is 5.84. The van der Waals surface area contributed by atoms with Crippen LogP contribution >= 0.6 is 0 Å². The Balaban J connectivity index is 1.47. The molecule has 1 saturated carbocycles. The molecule has 0 bridgehead atoms. The third-order valence-corrected chi connectivity index (χ3v) is 6.53. The molecule has 0 saturated heterocycles. The number of unbranched alkanes of at least 4 members (excludes halogenated alkanes) is 2. The summed E-state index contributed by atoms with van der Waals surface area (Å²) in [4.78, 5) is 0. The molecule has 1 heteroatoms. The summed E-state index contributed by atoms with van der Waals surface area (Å²) < 4.78 is 5.84. The Hall–Kier alpha value is -1.50. The van der Waals surface area contributed by atoms with Crippen LogP contribution in [0.3, 0.4) is 0 Å². The summed E-state index contributed by atoms with van der Waals surface area (Å²) in [7, 11) is 0. The van der Waals surface area contributed by atoms with E-state index in [0.717, 1.165) is 36.5 Å². The van der Waals surface area contributed by atoms with E-state index in [4.69, 9.17) is 4.74 Å². The largest absolute Gasteiger partial charge is 0.494 e. The zero-order valence-electron chi connectivity index (χ0n) is 17.5. The maximum Gasteiger partial charge on any atom is 0.119 e. The highest BCUT2D eigenvalue weighted by Gasteiger charge is 2.26. The summed E-state index contributed by atoms with van der Waals surface area (Å²) in [6, 6.07) is 8.66. The number of benzene rings is 1. The number of allylic oxidation sites excluding steroid dienone is 4. The summed E-state index contributed by atoms with van der Waals surface area (Å²) in [5.74, 6) is 3.67. The second-order valence-electron chi connectivity index (χ2n) is 8.57. The van der Waals surface area contributed by atoms with Crippen molar-refractivity contribution in [1.29, 1.82) is 0 Å². The van der Waals surface area contributed by atoms with Gasteiger partial charge in [-0.25, -0.2) is 0 Å². The Morgan fingerprint density at radius 3 is 2.33 bits per heavy atom. The van der Waals surface area contributed by atoms with Crippen molar-refractivity contribution in [2.75, 3.05) is 6.61 Å². The average molecular weight is 367 g/mol. The topological polar surface area (TPSA) is 9.23 Å². The molecule has 0 amide bonds. The van der Waals surface area contributed by atoms with Crippen LogP contribution in [0, 0.1) is 17.8 Å². The molecular formula is C26H38O. The van der Waals surface area contributed by atoms with Gasteiger partial charge in [0.15, 0.2) is 0 Å². The van der Waals surface area contributed by atoms with Crippen LogP contribution in [0.25, 0.3) is 5.57 Å². The molecule has 0 heterocycles. The van der Waals surface area contributed by atoms with Gasteiger partial charge in [0.25, 0.3) is 0 Å². The first-order valence-corrected chi connectivity index (χ1v) is 11.4.